The molecule has 0 heterocycles. The van der Waals surface area contributed by atoms with Crippen molar-refractivity contribution in [2.24, 2.45) is 0 Å². The summed E-state index contributed by atoms with van der Waals surface area (Å²) in [6.07, 6.45) is 2.75. The van der Waals surface area contributed by atoms with Crippen molar-refractivity contribution in [1.29, 1.82) is 0 Å². The van der Waals surface area contributed by atoms with E-state index in [0.717, 1.165) is 0 Å². The largest absolute Gasteiger partial charge is 0.481 e. The lowest BCUT2D eigenvalue weighted by Crippen LogP contribution is -2.23. The first-order valence-corrected chi connectivity index (χ1v) is 5.04. The minimum absolute atomic E-state index is 0.0640. The summed E-state index contributed by atoms with van der Waals surface area (Å²) in [5.74, 6) is -0.855. The molecular weight excluding hydrogens is 227 g/mol. The molecule has 3 nitrogen and oxygen atoms in total. The number of hydrogen-bond acceptors (Lipinski definition) is 2. The average Bonchev–Trinajstić information content (AvgIpc) is 2.00. The number of halogens is 2. The maximum atomic E-state index is 10.2. The van der Waals surface area contributed by atoms with Gasteiger partial charge in [-0.05, 0) is 26.2 Å². The van der Waals surface area contributed by atoms with E-state index in [9.17, 15) is 9.90 Å². The Bertz CT molecular complexity index is 220. The third kappa shape index (κ3) is 8.35. The molecule has 0 saturated heterocycles. The third-order valence-corrected chi connectivity index (χ3v) is 2.11. The Hall–Kier alpha value is -0.250. The molecule has 14 heavy (non-hydrogen) atoms. The molecule has 0 fully saturated rings. The van der Waals surface area contributed by atoms with Gasteiger partial charge in [0.1, 0.15) is 4.49 Å². The van der Waals surface area contributed by atoms with Crippen molar-refractivity contribution in [2.45, 2.75) is 38.2 Å². The first kappa shape index (κ1) is 13.8. The molecule has 0 rings (SSSR count). The standard InChI is InChI=1S/C9H14Cl2O3/c1-9(14,6-4-7(10)11)5-2-3-8(12)13/h4,14H,2-3,5-6H2,1H3,(H,12,13). The Labute approximate surface area is 93.3 Å². The molecule has 0 spiro atoms. The maximum absolute atomic E-state index is 10.2. The monoisotopic (exact) mass is 240 g/mol. The fourth-order valence-electron chi connectivity index (χ4n) is 1.02. The fraction of sp³-hybridized carbons (Fsp3) is 0.667. The minimum Gasteiger partial charge on any atom is -0.481 e. The van der Waals surface area contributed by atoms with Crippen LogP contribution in [0.2, 0.25) is 0 Å². The highest BCUT2D eigenvalue weighted by molar-refractivity contribution is 6.55. The average molecular weight is 241 g/mol. The topological polar surface area (TPSA) is 57.5 Å². The molecule has 0 amide bonds. The number of aliphatic hydroxyl groups is 1. The molecule has 0 aliphatic rings. The molecule has 82 valence electrons. The van der Waals surface area contributed by atoms with Crippen molar-refractivity contribution in [1.82, 2.24) is 0 Å². The van der Waals surface area contributed by atoms with Crippen LogP contribution in [0.25, 0.3) is 0 Å². The van der Waals surface area contributed by atoms with Crippen molar-refractivity contribution < 1.29 is 15.0 Å². The van der Waals surface area contributed by atoms with Crippen LogP contribution in [0.15, 0.2) is 10.6 Å². The molecule has 1 unspecified atom stereocenters. The number of carboxylic acid groups (broad SMARTS) is 1. The Morgan fingerprint density at radius 3 is 2.50 bits per heavy atom. The van der Waals surface area contributed by atoms with Crippen molar-refractivity contribution in [3.8, 4) is 0 Å². The predicted octanol–water partition coefficient (Wildman–Crippen LogP) is 2.70. The maximum Gasteiger partial charge on any atom is 0.303 e. The van der Waals surface area contributed by atoms with E-state index >= 15 is 0 Å². The van der Waals surface area contributed by atoms with Gasteiger partial charge in [0.2, 0.25) is 0 Å². The van der Waals surface area contributed by atoms with Crippen LogP contribution in [-0.2, 0) is 4.79 Å². The summed E-state index contributed by atoms with van der Waals surface area (Å²) >= 11 is 10.8. The van der Waals surface area contributed by atoms with Crippen LogP contribution in [0.1, 0.15) is 32.6 Å². The van der Waals surface area contributed by atoms with Gasteiger partial charge in [-0.1, -0.05) is 29.3 Å². The molecule has 2 N–H and O–H groups in total. The minimum atomic E-state index is -0.940. The van der Waals surface area contributed by atoms with Gasteiger partial charge >= 0.3 is 5.97 Å². The Morgan fingerprint density at radius 2 is 2.07 bits per heavy atom. The van der Waals surface area contributed by atoms with Crippen LogP contribution < -0.4 is 0 Å². The lowest BCUT2D eigenvalue weighted by molar-refractivity contribution is -0.137. The summed E-state index contributed by atoms with van der Waals surface area (Å²) in [7, 11) is 0. The molecule has 0 saturated carbocycles. The Kier molecular flexibility index (Phi) is 6.16. The zero-order valence-electron chi connectivity index (χ0n) is 7.96. The number of hydrogen-bond donors (Lipinski definition) is 2. The number of carbonyl (C=O) groups is 1. The second-order valence-corrected chi connectivity index (χ2v) is 4.45. The van der Waals surface area contributed by atoms with Gasteiger partial charge in [-0.15, -0.1) is 0 Å². The van der Waals surface area contributed by atoms with Gasteiger partial charge < -0.3 is 10.2 Å². The SMILES string of the molecule is CC(O)(CC=C(Cl)Cl)CCCC(=O)O. The van der Waals surface area contributed by atoms with Gasteiger partial charge in [-0.3, -0.25) is 4.79 Å². The summed E-state index contributed by atoms with van der Waals surface area (Å²) in [6, 6.07) is 0. The van der Waals surface area contributed by atoms with Crippen LogP contribution in [0.3, 0.4) is 0 Å². The van der Waals surface area contributed by atoms with E-state index in [2.05, 4.69) is 0 Å². The summed E-state index contributed by atoms with van der Waals surface area (Å²) in [5.41, 5.74) is -0.940. The quantitative estimate of drug-likeness (QED) is 0.751. The molecule has 0 aromatic rings. The summed E-state index contributed by atoms with van der Waals surface area (Å²) in [4.78, 5) is 10.2. The van der Waals surface area contributed by atoms with Gasteiger partial charge in [0.05, 0.1) is 5.60 Å². The van der Waals surface area contributed by atoms with Gasteiger partial charge in [0.15, 0.2) is 0 Å². The lowest BCUT2D eigenvalue weighted by Gasteiger charge is -2.20. The van der Waals surface area contributed by atoms with Crippen LogP contribution in [0.4, 0.5) is 0 Å². The van der Waals surface area contributed by atoms with Crippen LogP contribution >= 0.6 is 23.2 Å². The Balaban J connectivity index is 3.83. The van der Waals surface area contributed by atoms with Gasteiger partial charge in [-0.25, -0.2) is 0 Å². The van der Waals surface area contributed by atoms with E-state index in [-0.39, 0.29) is 10.9 Å². The number of carboxylic acids is 1. The normalized spacial score (nSPS) is 14.6. The first-order valence-electron chi connectivity index (χ1n) is 4.29. The summed E-state index contributed by atoms with van der Waals surface area (Å²) < 4.78 is 0.114. The van der Waals surface area contributed by atoms with E-state index in [1.54, 1.807) is 6.92 Å². The molecule has 0 aliphatic heterocycles. The zero-order chi connectivity index (χ0) is 11.2. The fourth-order valence-corrected chi connectivity index (χ4v) is 1.17. The molecule has 0 radical (unpaired) electrons. The van der Waals surface area contributed by atoms with E-state index in [0.29, 0.717) is 19.3 Å². The second kappa shape index (κ2) is 6.27. The molecule has 0 aliphatic carbocycles. The van der Waals surface area contributed by atoms with Gasteiger partial charge in [0.25, 0.3) is 0 Å². The van der Waals surface area contributed by atoms with E-state index in [4.69, 9.17) is 28.3 Å². The van der Waals surface area contributed by atoms with Gasteiger partial charge in [-0.2, -0.15) is 0 Å². The number of rotatable bonds is 6. The predicted molar refractivity (Wildman–Crippen MR) is 56.5 cm³/mol. The highest BCUT2D eigenvalue weighted by atomic mass is 35.5. The molecule has 5 heteroatoms. The second-order valence-electron chi connectivity index (χ2n) is 3.44. The molecular formula is C9H14Cl2O3. The van der Waals surface area contributed by atoms with E-state index < -0.39 is 11.6 Å². The van der Waals surface area contributed by atoms with E-state index in [1.807, 2.05) is 0 Å². The van der Waals surface area contributed by atoms with E-state index in [1.165, 1.54) is 6.08 Å². The third-order valence-electron chi connectivity index (χ3n) is 1.80. The Morgan fingerprint density at radius 1 is 1.50 bits per heavy atom. The van der Waals surface area contributed by atoms with Crippen LogP contribution in [-0.4, -0.2) is 21.8 Å². The smallest absolute Gasteiger partial charge is 0.303 e. The molecule has 0 aromatic carbocycles. The number of aliphatic carboxylic acids is 1. The van der Waals surface area contributed by atoms with Gasteiger partial charge in [0, 0.05) is 6.42 Å². The summed E-state index contributed by atoms with van der Waals surface area (Å²) in [5, 5.41) is 18.1. The van der Waals surface area contributed by atoms with Crippen LogP contribution in [0, 0.1) is 0 Å². The highest BCUT2D eigenvalue weighted by Crippen LogP contribution is 2.20. The van der Waals surface area contributed by atoms with Crippen molar-refractivity contribution >= 4 is 29.2 Å². The zero-order valence-corrected chi connectivity index (χ0v) is 9.48. The van der Waals surface area contributed by atoms with Crippen molar-refractivity contribution in [3.05, 3.63) is 10.6 Å². The van der Waals surface area contributed by atoms with Crippen molar-refractivity contribution in [3.63, 3.8) is 0 Å². The van der Waals surface area contributed by atoms with Crippen LogP contribution in [0.5, 0.6) is 0 Å². The molecule has 1 atom stereocenters. The molecule has 0 bridgehead atoms. The van der Waals surface area contributed by atoms with Crippen molar-refractivity contribution in [2.75, 3.05) is 0 Å². The highest BCUT2D eigenvalue weighted by Gasteiger charge is 2.18. The molecule has 0 aromatic heterocycles. The first-order chi connectivity index (χ1) is 6.33. The summed E-state index contributed by atoms with van der Waals surface area (Å²) in [6.45, 7) is 1.63. The lowest BCUT2D eigenvalue weighted by atomic mass is 9.95.